The summed E-state index contributed by atoms with van der Waals surface area (Å²) >= 11 is 0. The van der Waals surface area contributed by atoms with Crippen molar-refractivity contribution in [3.05, 3.63) is 54.6 Å². The van der Waals surface area contributed by atoms with Crippen LogP contribution in [0.15, 0.2) is 49.1 Å². The molecule has 1 aliphatic heterocycles. The van der Waals surface area contributed by atoms with Gasteiger partial charge in [-0.2, -0.15) is 0 Å². The highest BCUT2D eigenvalue weighted by Crippen LogP contribution is 2.09. The number of nitrogens with zero attached hydrogens (tertiary/aromatic N) is 4. The van der Waals surface area contributed by atoms with E-state index in [1.54, 1.807) is 6.20 Å². The molecule has 0 saturated carbocycles. The molecular weight excluding hydrogens is 288 g/mol. The van der Waals surface area contributed by atoms with Gasteiger partial charge in [-0.3, -0.25) is 14.7 Å². The van der Waals surface area contributed by atoms with Crippen LogP contribution >= 0.6 is 0 Å². The maximum Gasteiger partial charge on any atom is 0.222 e. The van der Waals surface area contributed by atoms with Gasteiger partial charge in [0.2, 0.25) is 5.91 Å². The first kappa shape index (κ1) is 15.7. The molecule has 1 amide bonds. The third kappa shape index (κ3) is 4.66. The van der Waals surface area contributed by atoms with Crippen LogP contribution < -0.4 is 0 Å². The molecule has 0 atom stereocenters. The number of hydrogen-bond acceptors (Lipinski definition) is 3. The molecule has 5 nitrogen and oxygen atoms in total. The van der Waals surface area contributed by atoms with E-state index < -0.39 is 0 Å². The summed E-state index contributed by atoms with van der Waals surface area (Å²) in [6.45, 7) is 5.39. The summed E-state index contributed by atoms with van der Waals surface area (Å²) in [4.78, 5) is 20.8. The lowest BCUT2D eigenvalue weighted by Crippen LogP contribution is -2.48. The average molecular weight is 312 g/mol. The standard InChI is InChI=1S/C18H24N4O/c23-18(6-4-10-20-8-1-2-9-20)22-13-11-21(12-14-22)16-17-5-3-7-19-15-17/h1-3,5,7-9,15H,4,6,10-14,16H2. The van der Waals surface area contributed by atoms with E-state index in [-0.39, 0.29) is 5.91 Å². The predicted molar refractivity (Wildman–Crippen MR) is 89.8 cm³/mol. The fourth-order valence-corrected chi connectivity index (χ4v) is 3.00. The molecule has 0 bridgehead atoms. The summed E-state index contributed by atoms with van der Waals surface area (Å²) in [5.41, 5.74) is 1.24. The van der Waals surface area contributed by atoms with Gasteiger partial charge < -0.3 is 9.47 Å². The van der Waals surface area contributed by atoms with E-state index in [0.717, 1.165) is 45.7 Å². The van der Waals surface area contributed by atoms with Crippen LogP contribution in [-0.2, 0) is 17.9 Å². The fraction of sp³-hybridized carbons (Fsp3) is 0.444. The predicted octanol–water partition coefficient (Wildman–Crippen LogP) is 2.01. The van der Waals surface area contributed by atoms with Crippen molar-refractivity contribution < 1.29 is 4.79 Å². The topological polar surface area (TPSA) is 41.4 Å². The Labute approximate surface area is 137 Å². The Morgan fingerprint density at radius 1 is 1.09 bits per heavy atom. The smallest absolute Gasteiger partial charge is 0.222 e. The molecule has 0 radical (unpaired) electrons. The van der Waals surface area contributed by atoms with Crippen molar-refractivity contribution in [1.82, 2.24) is 19.4 Å². The van der Waals surface area contributed by atoms with E-state index in [1.165, 1.54) is 5.56 Å². The van der Waals surface area contributed by atoms with Crippen LogP contribution in [0.5, 0.6) is 0 Å². The zero-order valence-corrected chi connectivity index (χ0v) is 13.5. The minimum Gasteiger partial charge on any atom is -0.354 e. The molecular formula is C18H24N4O. The second kappa shape index (κ2) is 7.92. The van der Waals surface area contributed by atoms with E-state index in [2.05, 4.69) is 20.5 Å². The zero-order chi connectivity index (χ0) is 15.9. The highest BCUT2D eigenvalue weighted by atomic mass is 16.2. The van der Waals surface area contributed by atoms with Gasteiger partial charge in [0.05, 0.1) is 0 Å². The van der Waals surface area contributed by atoms with Gasteiger partial charge in [0.15, 0.2) is 0 Å². The van der Waals surface area contributed by atoms with Gasteiger partial charge in [0, 0.05) is 70.5 Å². The molecule has 5 heteroatoms. The number of hydrogen-bond donors (Lipinski definition) is 0. The van der Waals surface area contributed by atoms with Crippen molar-refractivity contribution in [2.24, 2.45) is 0 Å². The van der Waals surface area contributed by atoms with E-state index in [4.69, 9.17) is 0 Å². The maximum atomic E-state index is 12.3. The Balaban J connectivity index is 1.37. The molecule has 0 spiro atoms. The highest BCUT2D eigenvalue weighted by molar-refractivity contribution is 5.76. The Morgan fingerprint density at radius 2 is 1.87 bits per heavy atom. The van der Waals surface area contributed by atoms with Gasteiger partial charge in [0.25, 0.3) is 0 Å². The molecule has 122 valence electrons. The molecule has 1 fully saturated rings. The lowest BCUT2D eigenvalue weighted by molar-refractivity contribution is -0.133. The monoisotopic (exact) mass is 312 g/mol. The van der Waals surface area contributed by atoms with Crippen LogP contribution in [-0.4, -0.2) is 51.4 Å². The maximum absolute atomic E-state index is 12.3. The molecule has 3 heterocycles. The van der Waals surface area contributed by atoms with Crippen molar-refractivity contribution >= 4 is 5.91 Å². The van der Waals surface area contributed by atoms with Gasteiger partial charge in [-0.05, 0) is 30.2 Å². The normalized spacial score (nSPS) is 15.7. The molecule has 3 rings (SSSR count). The molecule has 0 aliphatic carbocycles. The number of rotatable bonds is 6. The van der Waals surface area contributed by atoms with Gasteiger partial charge in [-0.25, -0.2) is 0 Å². The summed E-state index contributed by atoms with van der Waals surface area (Å²) in [6.07, 6.45) is 9.35. The summed E-state index contributed by atoms with van der Waals surface area (Å²) in [5, 5.41) is 0. The van der Waals surface area contributed by atoms with Crippen molar-refractivity contribution in [1.29, 1.82) is 0 Å². The lowest BCUT2D eigenvalue weighted by atomic mass is 10.2. The minimum absolute atomic E-state index is 0.290. The van der Waals surface area contributed by atoms with Gasteiger partial charge in [0.1, 0.15) is 0 Å². The largest absolute Gasteiger partial charge is 0.354 e. The second-order valence-electron chi connectivity index (χ2n) is 6.04. The van der Waals surface area contributed by atoms with E-state index in [9.17, 15) is 4.79 Å². The fourth-order valence-electron chi connectivity index (χ4n) is 3.00. The van der Waals surface area contributed by atoms with Crippen molar-refractivity contribution in [3.8, 4) is 0 Å². The van der Waals surface area contributed by atoms with Gasteiger partial charge in [-0.15, -0.1) is 0 Å². The molecule has 2 aromatic heterocycles. The van der Waals surface area contributed by atoms with E-state index in [0.29, 0.717) is 6.42 Å². The van der Waals surface area contributed by atoms with Crippen LogP contribution in [0.25, 0.3) is 0 Å². The van der Waals surface area contributed by atoms with Gasteiger partial charge in [-0.1, -0.05) is 6.07 Å². The van der Waals surface area contributed by atoms with E-state index in [1.807, 2.05) is 41.7 Å². The van der Waals surface area contributed by atoms with Gasteiger partial charge >= 0.3 is 0 Å². The average Bonchev–Trinajstić information content (AvgIpc) is 3.10. The summed E-state index contributed by atoms with van der Waals surface area (Å²) in [7, 11) is 0. The first-order valence-electron chi connectivity index (χ1n) is 8.31. The number of carbonyl (C=O) groups is 1. The Hall–Kier alpha value is -2.14. The number of aryl methyl sites for hydroxylation is 1. The molecule has 1 aliphatic rings. The Kier molecular flexibility index (Phi) is 5.42. The first-order valence-corrected chi connectivity index (χ1v) is 8.31. The van der Waals surface area contributed by atoms with Crippen molar-refractivity contribution in [3.63, 3.8) is 0 Å². The second-order valence-corrected chi connectivity index (χ2v) is 6.04. The van der Waals surface area contributed by atoms with Crippen LogP contribution in [0.1, 0.15) is 18.4 Å². The molecule has 1 saturated heterocycles. The molecule has 23 heavy (non-hydrogen) atoms. The SMILES string of the molecule is O=C(CCCn1cccc1)N1CCN(Cc2cccnc2)CC1. The minimum atomic E-state index is 0.290. The van der Waals surface area contributed by atoms with Crippen molar-refractivity contribution in [2.75, 3.05) is 26.2 Å². The molecule has 0 aromatic carbocycles. The number of piperazine rings is 1. The zero-order valence-electron chi connectivity index (χ0n) is 13.5. The number of amides is 1. The molecule has 2 aromatic rings. The molecule has 0 unspecified atom stereocenters. The third-order valence-corrected chi connectivity index (χ3v) is 4.33. The number of carbonyl (C=O) groups excluding carboxylic acids is 1. The van der Waals surface area contributed by atoms with Crippen LogP contribution in [0, 0.1) is 0 Å². The third-order valence-electron chi connectivity index (χ3n) is 4.33. The Bertz CT molecular complexity index is 589. The number of aromatic nitrogens is 2. The highest BCUT2D eigenvalue weighted by Gasteiger charge is 2.20. The molecule has 0 N–H and O–H groups in total. The van der Waals surface area contributed by atoms with Crippen LogP contribution in [0.3, 0.4) is 0 Å². The lowest BCUT2D eigenvalue weighted by Gasteiger charge is -2.34. The summed E-state index contributed by atoms with van der Waals surface area (Å²) in [5.74, 6) is 0.290. The van der Waals surface area contributed by atoms with Crippen molar-refractivity contribution in [2.45, 2.75) is 25.9 Å². The Morgan fingerprint density at radius 3 is 2.57 bits per heavy atom. The van der Waals surface area contributed by atoms with Crippen LogP contribution in [0.2, 0.25) is 0 Å². The summed E-state index contributed by atoms with van der Waals surface area (Å²) in [6, 6.07) is 8.11. The quantitative estimate of drug-likeness (QED) is 0.819. The van der Waals surface area contributed by atoms with E-state index >= 15 is 0 Å². The van der Waals surface area contributed by atoms with Crippen LogP contribution in [0.4, 0.5) is 0 Å². The number of pyridine rings is 1. The first-order chi connectivity index (χ1) is 11.3. The summed E-state index contributed by atoms with van der Waals surface area (Å²) < 4.78 is 2.12.